The van der Waals surface area contributed by atoms with Crippen LogP contribution in [0, 0.1) is 0 Å². The zero-order valence-corrected chi connectivity index (χ0v) is 11.6. The van der Waals surface area contributed by atoms with Gasteiger partial charge in [-0.05, 0) is 36.2 Å². The number of aliphatic hydroxyl groups excluding tert-OH is 1. The van der Waals surface area contributed by atoms with Crippen molar-refractivity contribution in [1.82, 2.24) is 4.37 Å². The monoisotopic (exact) mass is 279 g/mol. The van der Waals surface area contributed by atoms with Crippen LogP contribution in [0.4, 0.5) is 5.69 Å². The normalized spacial score (nSPS) is 21.2. The lowest BCUT2D eigenvalue weighted by molar-refractivity contribution is 0.121. The number of methoxy groups -OCH3 is 1. The van der Waals surface area contributed by atoms with E-state index in [4.69, 9.17) is 10.5 Å². The summed E-state index contributed by atoms with van der Waals surface area (Å²) in [6.45, 7) is 1.89. The molecule has 1 aromatic heterocycles. The lowest BCUT2D eigenvalue weighted by Gasteiger charge is -2.18. The fourth-order valence-electron chi connectivity index (χ4n) is 2.51. The highest BCUT2D eigenvalue weighted by Crippen LogP contribution is 2.31. The van der Waals surface area contributed by atoms with E-state index in [0.29, 0.717) is 11.8 Å². The molecule has 1 aliphatic rings. The molecule has 1 fully saturated rings. The molecule has 2 atom stereocenters. The van der Waals surface area contributed by atoms with Gasteiger partial charge in [0.1, 0.15) is 11.9 Å². The van der Waals surface area contributed by atoms with Crippen molar-refractivity contribution in [1.29, 1.82) is 0 Å². The van der Waals surface area contributed by atoms with E-state index in [9.17, 15) is 5.11 Å². The van der Waals surface area contributed by atoms with Gasteiger partial charge in [-0.25, -0.2) is 0 Å². The molecule has 3 N–H and O–H groups in total. The summed E-state index contributed by atoms with van der Waals surface area (Å²) in [6, 6.07) is 6.18. The average Bonchev–Trinajstić information content (AvgIpc) is 3.04. The summed E-state index contributed by atoms with van der Waals surface area (Å²) in [6.07, 6.45) is 0.327. The van der Waals surface area contributed by atoms with Crippen LogP contribution in [0.3, 0.4) is 0 Å². The van der Waals surface area contributed by atoms with Gasteiger partial charge in [0, 0.05) is 31.3 Å². The average molecular weight is 279 g/mol. The molecule has 1 aliphatic heterocycles. The summed E-state index contributed by atoms with van der Waals surface area (Å²) < 4.78 is 10.6. The van der Waals surface area contributed by atoms with Crippen LogP contribution < -0.4 is 10.6 Å². The predicted molar refractivity (Wildman–Crippen MR) is 76.4 cm³/mol. The van der Waals surface area contributed by atoms with E-state index in [1.165, 1.54) is 11.5 Å². The lowest BCUT2D eigenvalue weighted by atomic mass is 10.2. The van der Waals surface area contributed by atoms with Crippen molar-refractivity contribution < 1.29 is 9.84 Å². The molecule has 0 amide bonds. The maximum atomic E-state index is 9.54. The van der Waals surface area contributed by atoms with Crippen molar-refractivity contribution in [2.75, 3.05) is 25.1 Å². The van der Waals surface area contributed by atoms with Gasteiger partial charge in [0.25, 0.3) is 0 Å². The number of rotatable bonds is 3. The first-order valence-electron chi connectivity index (χ1n) is 6.30. The zero-order valence-electron chi connectivity index (χ0n) is 10.7. The minimum absolute atomic E-state index is 0.302. The molecule has 102 valence electrons. The summed E-state index contributed by atoms with van der Waals surface area (Å²) >= 11 is 1.37. The van der Waals surface area contributed by atoms with E-state index in [-0.39, 0.29) is 0 Å². The first-order valence-corrected chi connectivity index (χ1v) is 7.07. The number of fused-ring (bicyclic) bond motifs is 1. The first kappa shape index (κ1) is 12.8. The molecule has 19 heavy (non-hydrogen) atoms. The Morgan fingerprint density at radius 2 is 2.42 bits per heavy atom. The number of aromatic nitrogens is 1. The van der Waals surface area contributed by atoms with Crippen molar-refractivity contribution in [2.24, 2.45) is 5.73 Å². The standard InChI is InChI=1S/C13H17N3O2S/c1-18-9-4-5-16(7-9)8-2-3-11-10(6-8)12(13(14)17)15-19-11/h2-3,6,9,13,17H,4-5,7,14H2,1H3. The summed E-state index contributed by atoms with van der Waals surface area (Å²) in [7, 11) is 1.75. The Hall–Kier alpha value is -1.21. The second-order valence-electron chi connectivity index (χ2n) is 4.79. The van der Waals surface area contributed by atoms with Crippen molar-refractivity contribution >= 4 is 27.3 Å². The van der Waals surface area contributed by atoms with Crippen molar-refractivity contribution in [3.63, 3.8) is 0 Å². The quantitative estimate of drug-likeness (QED) is 0.833. The van der Waals surface area contributed by atoms with E-state index in [2.05, 4.69) is 21.4 Å². The Morgan fingerprint density at radius 3 is 3.11 bits per heavy atom. The van der Waals surface area contributed by atoms with Crippen LogP contribution in [0.15, 0.2) is 18.2 Å². The van der Waals surface area contributed by atoms with Crippen LogP contribution >= 0.6 is 11.5 Å². The van der Waals surface area contributed by atoms with Gasteiger partial charge in [0.05, 0.1) is 10.8 Å². The molecular formula is C13H17N3O2S. The second kappa shape index (κ2) is 5.05. The van der Waals surface area contributed by atoms with E-state index in [1.54, 1.807) is 7.11 Å². The maximum Gasteiger partial charge on any atom is 0.147 e. The summed E-state index contributed by atoms with van der Waals surface area (Å²) in [5, 5.41) is 10.5. The zero-order chi connectivity index (χ0) is 13.4. The van der Waals surface area contributed by atoms with Gasteiger partial charge in [-0.3, -0.25) is 0 Å². The number of nitrogens with two attached hydrogens (primary N) is 1. The molecule has 6 heteroatoms. The first-order chi connectivity index (χ1) is 9.19. The molecule has 0 spiro atoms. The highest BCUT2D eigenvalue weighted by atomic mass is 32.1. The number of benzene rings is 1. The molecule has 1 aromatic carbocycles. The third kappa shape index (κ3) is 2.32. The van der Waals surface area contributed by atoms with Gasteiger partial charge in [-0.1, -0.05) is 0 Å². The van der Waals surface area contributed by atoms with Crippen LogP contribution in [-0.2, 0) is 4.74 Å². The molecule has 2 heterocycles. The fraction of sp³-hybridized carbons (Fsp3) is 0.462. The van der Waals surface area contributed by atoms with Gasteiger partial charge >= 0.3 is 0 Å². The van der Waals surface area contributed by atoms with Gasteiger partial charge in [-0.15, -0.1) is 0 Å². The van der Waals surface area contributed by atoms with E-state index < -0.39 is 6.23 Å². The Kier molecular flexibility index (Phi) is 3.40. The summed E-state index contributed by atoms with van der Waals surface area (Å²) in [5.74, 6) is 0. The molecule has 0 bridgehead atoms. The van der Waals surface area contributed by atoms with Crippen LogP contribution in [0.5, 0.6) is 0 Å². The largest absolute Gasteiger partial charge is 0.380 e. The number of hydrogen-bond acceptors (Lipinski definition) is 6. The highest BCUT2D eigenvalue weighted by molar-refractivity contribution is 7.13. The number of aliphatic hydroxyl groups is 1. The predicted octanol–water partition coefficient (Wildman–Crippen LogP) is 1.47. The number of ether oxygens (including phenoxy) is 1. The molecule has 1 saturated heterocycles. The molecule has 0 radical (unpaired) electrons. The molecule has 5 nitrogen and oxygen atoms in total. The highest BCUT2D eigenvalue weighted by Gasteiger charge is 2.23. The van der Waals surface area contributed by atoms with Gasteiger partial charge in [-0.2, -0.15) is 4.37 Å². The van der Waals surface area contributed by atoms with Crippen molar-refractivity contribution in [3.05, 3.63) is 23.9 Å². The minimum atomic E-state index is -1.02. The van der Waals surface area contributed by atoms with Gasteiger partial charge in [0.2, 0.25) is 0 Å². The van der Waals surface area contributed by atoms with Crippen LogP contribution in [-0.4, -0.2) is 35.8 Å². The van der Waals surface area contributed by atoms with Crippen molar-refractivity contribution in [2.45, 2.75) is 18.8 Å². The number of nitrogens with zero attached hydrogens (tertiary/aromatic N) is 2. The topological polar surface area (TPSA) is 71.6 Å². The minimum Gasteiger partial charge on any atom is -0.380 e. The smallest absolute Gasteiger partial charge is 0.147 e. The summed E-state index contributed by atoms with van der Waals surface area (Å²) in [4.78, 5) is 2.29. The Balaban J connectivity index is 1.95. The maximum absolute atomic E-state index is 9.54. The van der Waals surface area contributed by atoms with Crippen LogP contribution in [0.25, 0.3) is 10.1 Å². The van der Waals surface area contributed by atoms with Gasteiger partial charge < -0.3 is 20.5 Å². The Morgan fingerprint density at radius 1 is 1.58 bits per heavy atom. The Labute approximate surface area is 115 Å². The van der Waals surface area contributed by atoms with E-state index in [1.807, 2.05) is 6.07 Å². The fourth-order valence-corrected chi connectivity index (χ4v) is 3.30. The molecule has 3 rings (SSSR count). The SMILES string of the molecule is COC1CCN(c2ccc3snc(C(N)O)c3c2)C1. The lowest BCUT2D eigenvalue weighted by Crippen LogP contribution is -2.22. The third-order valence-electron chi connectivity index (χ3n) is 3.61. The van der Waals surface area contributed by atoms with E-state index >= 15 is 0 Å². The molecule has 2 aromatic rings. The molecular weight excluding hydrogens is 262 g/mol. The van der Waals surface area contributed by atoms with Gasteiger partial charge in [0.15, 0.2) is 0 Å². The van der Waals surface area contributed by atoms with Crippen LogP contribution in [0.2, 0.25) is 0 Å². The second-order valence-corrected chi connectivity index (χ2v) is 5.59. The Bertz CT molecular complexity index is 584. The number of hydrogen-bond donors (Lipinski definition) is 2. The van der Waals surface area contributed by atoms with E-state index in [0.717, 1.165) is 35.3 Å². The van der Waals surface area contributed by atoms with Crippen LogP contribution in [0.1, 0.15) is 18.3 Å². The molecule has 0 aliphatic carbocycles. The summed E-state index contributed by atoms with van der Waals surface area (Å²) in [5.41, 5.74) is 7.23. The molecule has 0 saturated carbocycles. The number of anilines is 1. The molecule has 2 unspecified atom stereocenters. The van der Waals surface area contributed by atoms with Crippen molar-refractivity contribution in [3.8, 4) is 0 Å². The third-order valence-corrected chi connectivity index (χ3v) is 4.45.